The summed E-state index contributed by atoms with van der Waals surface area (Å²) in [5.41, 5.74) is 0.266. The number of carbonyl (C=O) groups excluding carboxylic acids is 4. The van der Waals surface area contributed by atoms with Crippen molar-refractivity contribution in [2.75, 3.05) is 11.9 Å². The molecule has 1 saturated heterocycles. The van der Waals surface area contributed by atoms with Gasteiger partial charge >= 0.3 is 0 Å². The molecule has 1 aliphatic heterocycles. The van der Waals surface area contributed by atoms with Crippen molar-refractivity contribution in [3.63, 3.8) is 0 Å². The third kappa shape index (κ3) is 3.55. The van der Waals surface area contributed by atoms with Crippen molar-refractivity contribution in [1.82, 2.24) is 4.90 Å². The number of hydrogen-bond acceptors (Lipinski definition) is 8. The first-order chi connectivity index (χ1) is 10.4. The van der Waals surface area contributed by atoms with Crippen LogP contribution in [0.15, 0.2) is 24.3 Å². The van der Waals surface area contributed by atoms with Crippen molar-refractivity contribution < 1.29 is 29.4 Å². The van der Waals surface area contributed by atoms with Crippen LogP contribution in [0.4, 0.5) is 10.5 Å². The number of anilines is 1. The fourth-order valence-corrected chi connectivity index (χ4v) is 2.76. The number of imide groups is 1. The summed E-state index contributed by atoms with van der Waals surface area (Å²) < 4.78 is 0. The zero-order chi connectivity index (χ0) is 16.3. The minimum absolute atomic E-state index is 0.0689. The topological polar surface area (TPSA) is 130 Å². The van der Waals surface area contributed by atoms with E-state index in [2.05, 4.69) is 5.32 Å². The molecule has 0 radical (unpaired) electrons. The maximum Gasteiger partial charge on any atom is 0.290 e. The number of nitrogens with one attached hydrogen (secondary N) is 1. The molecule has 9 heteroatoms. The summed E-state index contributed by atoms with van der Waals surface area (Å²) in [5.74, 6) is -3.31. The molecule has 1 N–H and O–H groups in total. The van der Waals surface area contributed by atoms with E-state index in [4.69, 9.17) is 0 Å². The largest absolute Gasteiger partial charge is 0.550 e. The zero-order valence-electron chi connectivity index (χ0n) is 11.1. The van der Waals surface area contributed by atoms with Gasteiger partial charge in [-0.25, -0.2) is 0 Å². The molecular weight excluding hydrogens is 312 g/mol. The van der Waals surface area contributed by atoms with E-state index in [0.29, 0.717) is 17.4 Å². The molecule has 1 aliphatic rings. The van der Waals surface area contributed by atoms with Crippen LogP contribution in [-0.4, -0.2) is 39.9 Å². The fourth-order valence-electron chi connectivity index (χ4n) is 1.83. The van der Waals surface area contributed by atoms with E-state index < -0.39 is 34.9 Å². The van der Waals surface area contributed by atoms with E-state index in [1.807, 2.05) is 0 Å². The number of carbonyl (C=O) groups is 4. The van der Waals surface area contributed by atoms with Gasteiger partial charge in [0.15, 0.2) is 5.37 Å². The number of aromatic carboxylic acids is 1. The SMILES string of the molecule is O=C([O-])CCN1C(=O)S[C@@H](Nc2cccc(C(=O)[O-])c2)C1=O. The standard InChI is InChI=1S/C13H12N2O6S/c16-9(17)4-5-15-11(18)10(22-13(15)21)14-8-3-1-2-7(6-8)12(19)20/h1-3,6,10,14H,4-5H2,(H,16,17)(H,19,20)/p-2/t10-/m1/s1. The number of rotatable bonds is 6. The lowest BCUT2D eigenvalue weighted by Gasteiger charge is -2.15. The predicted octanol–water partition coefficient (Wildman–Crippen LogP) is -1.38. The first-order valence-electron chi connectivity index (χ1n) is 6.18. The first-order valence-corrected chi connectivity index (χ1v) is 7.06. The molecule has 0 bridgehead atoms. The van der Waals surface area contributed by atoms with Gasteiger partial charge in [-0.2, -0.15) is 0 Å². The second kappa shape index (κ2) is 6.48. The van der Waals surface area contributed by atoms with Gasteiger partial charge in [0.2, 0.25) is 0 Å². The molecular formula is C13H10N2O6S-2. The van der Waals surface area contributed by atoms with Gasteiger partial charge in [-0.05, 0) is 29.5 Å². The van der Waals surface area contributed by atoms with E-state index in [-0.39, 0.29) is 12.1 Å². The molecule has 2 amide bonds. The molecule has 1 fully saturated rings. The van der Waals surface area contributed by atoms with Crippen LogP contribution in [0.3, 0.4) is 0 Å². The lowest BCUT2D eigenvalue weighted by molar-refractivity contribution is -0.305. The van der Waals surface area contributed by atoms with Gasteiger partial charge in [-0.15, -0.1) is 0 Å². The van der Waals surface area contributed by atoms with E-state index in [0.717, 1.165) is 4.90 Å². The molecule has 0 aliphatic carbocycles. The quantitative estimate of drug-likeness (QED) is 0.678. The van der Waals surface area contributed by atoms with Gasteiger partial charge in [0, 0.05) is 24.6 Å². The van der Waals surface area contributed by atoms with Gasteiger partial charge in [-0.1, -0.05) is 12.1 Å². The Bertz CT molecular complexity index is 647. The summed E-state index contributed by atoms with van der Waals surface area (Å²) in [4.78, 5) is 45.7. The highest BCUT2D eigenvalue weighted by atomic mass is 32.2. The summed E-state index contributed by atoms with van der Waals surface area (Å²) in [6.45, 7) is -0.260. The molecule has 0 saturated carbocycles. The molecule has 22 heavy (non-hydrogen) atoms. The van der Waals surface area contributed by atoms with E-state index in [1.54, 1.807) is 0 Å². The van der Waals surface area contributed by atoms with Crippen molar-refractivity contribution in [2.24, 2.45) is 0 Å². The van der Waals surface area contributed by atoms with Gasteiger partial charge in [0.05, 0.1) is 5.97 Å². The Kier molecular flexibility index (Phi) is 4.66. The maximum absolute atomic E-state index is 12.0. The maximum atomic E-state index is 12.0. The lowest BCUT2D eigenvalue weighted by Crippen LogP contribution is -2.37. The van der Waals surface area contributed by atoms with Gasteiger partial charge in [-0.3, -0.25) is 14.5 Å². The molecule has 1 atom stereocenters. The average Bonchev–Trinajstić information content (AvgIpc) is 2.71. The van der Waals surface area contributed by atoms with Crippen LogP contribution in [0.25, 0.3) is 0 Å². The highest BCUT2D eigenvalue weighted by Gasteiger charge is 2.39. The number of nitrogens with zero attached hydrogens (tertiary/aromatic N) is 1. The molecule has 1 heterocycles. The molecule has 1 aromatic carbocycles. The number of aliphatic carboxylic acids is 1. The van der Waals surface area contributed by atoms with Crippen LogP contribution in [-0.2, 0) is 9.59 Å². The highest BCUT2D eigenvalue weighted by Crippen LogP contribution is 2.28. The van der Waals surface area contributed by atoms with Gasteiger partial charge in [0.1, 0.15) is 0 Å². The Hall–Kier alpha value is -2.55. The summed E-state index contributed by atoms with van der Waals surface area (Å²) in [6, 6.07) is 5.61. The van der Waals surface area contributed by atoms with E-state index >= 15 is 0 Å². The van der Waals surface area contributed by atoms with Crippen LogP contribution in [0.1, 0.15) is 16.8 Å². The van der Waals surface area contributed by atoms with Gasteiger partial charge in [0.25, 0.3) is 11.1 Å². The summed E-state index contributed by atoms with van der Waals surface area (Å²) in [7, 11) is 0. The summed E-state index contributed by atoms with van der Waals surface area (Å²) >= 11 is 0.692. The molecule has 0 aromatic heterocycles. The van der Waals surface area contributed by atoms with Gasteiger partial charge < -0.3 is 25.1 Å². The Balaban J connectivity index is 2.06. The number of benzene rings is 1. The Morgan fingerprint density at radius 2 is 2.00 bits per heavy atom. The van der Waals surface area contributed by atoms with Crippen molar-refractivity contribution in [1.29, 1.82) is 0 Å². The van der Waals surface area contributed by atoms with Crippen LogP contribution in [0.2, 0.25) is 0 Å². The second-order valence-electron chi connectivity index (χ2n) is 4.39. The predicted molar refractivity (Wildman–Crippen MR) is 72.5 cm³/mol. The molecule has 8 nitrogen and oxygen atoms in total. The highest BCUT2D eigenvalue weighted by molar-refractivity contribution is 8.15. The monoisotopic (exact) mass is 322 g/mol. The number of carboxylic acid groups (broad SMARTS) is 2. The van der Waals surface area contributed by atoms with Crippen molar-refractivity contribution in [3.8, 4) is 0 Å². The third-order valence-corrected chi connectivity index (χ3v) is 3.84. The first kappa shape index (κ1) is 15.8. The molecule has 0 spiro atoms. The summed E-state index contributed by atoms with van der Waals surface area (Å²) in [6.07, 6.45) is -0.440. The minimum atomic E-state index is -1.36. The lowest BCUT2D eigenvalue weighted by atomic mass is 10.2. The zero-order valence-corrected chi connectivity index (χ0v) is 11.9. The number of hydrogen-bond donors (Lipinski definition) is 1. The Morgan fingerprint density at radius 3 is 2.64 bits per heavy atom. The van der Waals surface area contributed by atoms with Crippen LogP contribution in [0.5, 0.6) is 0 Å². The third-order valence-electron chi connectivity index (χ3n) is 2.86. The Morgan fingerprint density at radius 1 is 1.27 bits per heavy atom. The van der Waals surface area contributed by atoms with Crippen LogP contribution in [0, 0.1) is 0 Å². The number of amides is 2. The average molecular weight is 322 g/mol. The van der Waals surface area contributed by atoms with Crippen molar-refractivity contribution >= 4 is 40.5 Å². The molecule has 1 aromatic rings. The normalized spacial score (nSPS) is 17.6. The van der Waals surface area contributed by atoms with E-state index in [1.165, 1.54) is 24.3 Å². The van der Waals surface area contributed by atoms with Crippen LogP contribution >= 0.6 is 11.8 Å². The summed E-state index contributed by atoms with van der Waals surface area (Å²) in [5, 5.41) is 22.4. The smallest absolute Gasteiger partial charge is 0.290 e. The number of thioether (sulfide) groups is 1. The van der Waals surface area contributed by atoms with E-state index in [9.17, 15) is 29.4 Å². The molecule has 116 valence electrons. The van der Waals surface area contributed by atoms with Crippen LogP contribution < -0.4 is 15.5 Å². The van der Waals surface area contributed by atoms with Crippen molar-refractivity contribution in [2.45, 2.75) is 11.8 Å². The minimum Gasteiger partial charge on any atom is -0.550 e. The molecule has 2 rings (SSSR count). The second-order valence-corrected chi connectivity index (χ2v) is 5.44. The fraction of sp³-hybridized carbons (Fsp3) is 0.231. The number of carboxylic acids is 2. The Labute approximate surface area is 129 Å². The molecule has 0 unspecified atom stereocenters. The van der Waals surface area contributed by atoms with Crippen molar-refractivity contribution in [3.05, 3.63) is 29.8 Å².